The van der Waals surface area contributed by atoms with E-state index in [0.717, 1.165) is 0 Å². The Bertz CT molecular complexity index is 114. The summed E-state index contributed by atoms with van der Waals surface area (Å²) in [6.45, 7) is 0. The second-order valence-electron chi connectivity index (χ2n) is 0.929. The van der Waals surface area contributed by atoms with Gasteiger partial charge in [0.25, 0.3) is 6.29 Å². The zero-order valence-electron chi connectivity index (χ0n) is 3.45. The van der Waals surface area contributed by atoms with Gasteiger partial charge in [0.05, 0.1) is 0 Å². The molecular weight excluding hydrogens is 125 g/mol. The number of carbonyl (C=O) groups excluding carboxylic acids is 2. The molecule has 8 heavy (non-hydrogen) atoms. The summed E-state index contributed by atoms with van der Waals surface area (Å²) in [5, 5.41) is 0. The van der Waals surface area contributed by atoms with Crippen molar-refractivity contribution in [1.29, 1.82) is 0 Å². The van der Waals surface area contributed by atoms with Crippen molar-refractivity contribution in [2.45, 2.75) is 6.18 Å². The van der Waals surface area contributed by atoms with E-state index in [0.29, 0.717) is 0 Å². The van der Waals surface area contributed by atoms with Crippen molar-refractivity contribution in [2.75, 3.05) is 0 Å². The van der Waals surface area contributed by atoms with Crippen molar-refractivity contribution in [2.24, 2.45) is 0 Å². The van der Waals surface area contributed by atoms with Gasteiger partial charge in [-0.3, -0.25) is 9.59 Å². The summed E-state index contributed by atoms with van der Waals surface area (Å²) in [5.41, 5.74) is 0. The highest BCUT2D eigenvalue weighted by Gasteiger charge is 2.38. The number of alkyl halides is 3. The molecule has 0 aromatic rings. The van der Waals surface area contributed by atoms with Crippen molar-refractivity contribution in [3.63, 3.8) is 0 Å². The van der Waals surface area contributed by atoms with E-state index in [4.69, 9.17) is 4.79 Å². The molecule has 0 N–H and O–H groups in total. The van der Waals surface area contributed by atoms with E-state index in [-0.39, 0.29) is 6.29 Å². The van der Waals surface area contributed by atoms with E-state index < -0.39 is 12.0 Å². The summed E-state index contributed by atoms with van der Waals surface area (Å²) in [6.07, 6.45) is -4.86. The van der Waals surface area contributed by atoms with Crippen LogP contribution in [0.2, 0.25) is 0 Å². The molecule has 0 fully saturated rings. The van der Waals surface area contributed by atoms with Gasteiger partial charge < -0.3 is 0 Å². The van der Waals surface area contributed by atoms with Crippen LogP contribution in [0.3, 0.4) is 0 Å². The Morgan fingerprint density at radius 2 is 1.75 bits per heavy atom. The molecule has 2 nitrogen and oxygen atoms in total. The van der Waals surface area contributed by atoms with Crippen LogP contribution in [0.4, 0.5) is 13.2 Å². The normalized spacial score (nSPS) is 10.9. The maximum absolute atomic E-state index is 10.8. The van der Waals surface area contributed by atoms with E-state index in [1.165, 1.54) is 0 Å². The Balaban J connectivity index is 4.02. The lowest BCUT2D eigenvalue weighted by atomic mass is 10.4. The molecule has 0 aromatic heterocycles. The minimum absolute atomic E-state index is 0.191. The zero-order chi connectivity index (χ0) is 6.78. The molecular formula is C3F3O2. The fourth-order valence-corrected chi connectivity index (χ4v) is 0.0579. The molecule has 0 aromatic carbocycles. The first kappa shape index (κ1) is 7.13. The molecule has 5 heteroatoms. The van der Waals surface area contributed by atoms with Gasteiger partial charge in [-0.2, -0.15) is 13.2 Å². The number of carbonyl (C=O) groups is 1. The molecule has 0 rings (SSSR count). The second kappa shape index (κ2) is 1.94. The van der Waals surface area contributed by atoms with Crippen LogP contribution < -0.4 is 0 Å². The van der Waals surface area contributed by atoms with Gasteiger partial charge >= 0.3 is 12.0 Å². The van der Waals surface area contributed by atoms with Gasteiger partial charge in [-0.05, 0) is 0 Å². The molecule has 45 valence electrons. The molecule has 0 saturated carbocycles. The van der Waals surface area contributed by atoms with Crippen molar-refractivity contribution in [3.8, 4) is 0 Å². The first-order chi connectivity index (χ1) is 3.48. The monoisotopic (exact) mass is 125 g/mol. The van der Waals surface area contributed by atoms with Crippen LogP contribution in [0.25, 0.3) is 0 Å². The molecule has 0 unspecified atom stereocenters. The number of hydrogen-bond acceptors (Lipinski definition) is 2. The predicted molar refractivity (Wildman–Crippen MR) is 16.8 cm³/mol. The van der Waals surface area contributed by atoms with Crippen LogP contribution in [0.5, 0.6) is 0 Å². The first-order valence-electron chi connectivity index (χ1n) is 1.48. The Morgan fingerprint density at radius 3 is 1.75 bits per heavy atom. The third-order valence-corrected chi connectivity index (χ3v) is 0.350. The lowest BCUT2D eigenvalue weighted by Crippen LogP contribution is -2.23. The average Bonchev–Trinajstić information content (AvgIpc) is 1.62. The Hall–Kier alpha value is -0.870. The number of Topliss-reactive ketones (excluding diaryl/α,β-unsaturated/α-hetero) is 1. The van der Waals surface area contributed by atoms with Gasteiger partial charge in [0.15, 0.2) is 0 Å². The minimum atomic E-state index is -5.05. The summed E-state index contributed by atoms with van der Waals surface area (Å²) in [6, 6.07) is 0. The van der Waals surface area contributed by atoms with Crippen LogP contribution in [0.15, 0.2) is 0 Å². The van der Waals surface area contributed by atoms with Gasteiger partial charge in [-0.25, -0.2) is 0 Å². The van der Waals surface area contributed by atoms with Crippen LogP contribution in [-0.2, 0) is 9.59 Å². The third kappa shape index (κ3) is 1.72. The lowest BCUT2D eigenvalue weighted by molar-refractivity contribution is -0.163. The highest BCUT2D eigenvalue weighted by molar-refractivity contribution is 6.27. The second-order valence-corrected chi connectivity index (χ2v) is 0.929. The summed E-state index contributed by atoms with van der Waals surface area (Å²) < 4.78 is 32.5. The maximum atomic E-state index is 10.8. The van der Waals surface area contributed by atoms with E-state index in [1.807, 2.05) is 0 Å². The first-order valence-corrected chi connectivity index (χ1v) is 1.48. The van der Waals surface area contributed by atoms with Gasteiger partial charge in [0.2, 0.25) is 0 Å². The number of halogens is 3. The Kier molecular flexibility index (Phi) is 1.72. The molecule has 0 bridgehead atoms. The third-order valence-electron chi connectivity index (χ3n) is 0.350. The fourth-order valence-electron chi connectivity index (χ4n) is 0.0579. The summed E-state index contributed by atoms with van der Waals surface area (Å²) in [7, 11) is 0. The van der Waals surface area contributed by atoms with Crippen LogP contribution in [0.1, 0.15) is 0 Å². The quantitative estimate of drug-likeness (QED) is 0.470. The van der Waals surface area contributed by atoms with E-state index in [9.17, 15) is 18.0 Å². The van der Waals surface area contributed by atoms with Crippen LogP contribution in [-0.4, -0.2) is 18.2 Å². The molecule has 0 atom stereocenters. The lowest BCUT2D eigenvalue weighted by Gasteiger charge is -1.93. The molecule has 0 amide bonds. The zero-order valence-corrected chi connectivity index (χ0v) is 3.45. The van der Waals surface area contributed by atoms with Gasteiger partial charge in [-0.15, -0.1) is 0 Å². The van der Waals surface area contributed by atoms with Crippen molar-refractivity contribution in [1.82, 2.24) is 0 Å². The highest BCUT2D eigenvalue weighted by Crippen LogP contribution is 2.13. The number of ketones is 1. The van der Waals surface area contributed by atoms with Crippen molar-refractivity contribution in [3.05, 3.63) is 0 Å². The summed E-state index contributed by atoms with van der Waals surface area (Å²) >= 11 is 0. The Labute approximate surface area is 42.3 Å². The molecule has 0 aliphatic heterocycles. The van der Waals surface area contributed by atoms with Crippen LogP contribution in [0, 0.1) is 0 Å². The predicted octanol–water partition coefficient (Wildman–Crippen LogP) is 0.227. The average molecular weight is 125 g/mol. The minimum Gasteiger partial charge on any atom is -0.281 e. The van der Waals surface area contributed by atoms with Crippen LogP contribution >= 0.6 is 0 Å². The van der Waals surface area contributed by atoms with Crippen molar-refractivity contribution < 1.29 is 22.8 Å². The number of hydrogen-bond donors (Lipinski definition) is 0. The molecule has 0 aliphatic carbocycles. The topological polar surface area (TPSA) is 34.1 Å². The SMILES string of the molecule is O=[C]C(=O)C(F)(F)F. The number of rotatable bonds is 1. The molecule has 1 radical (unpaired) electrons. The highest BCUT2D eigenvalue weighted by atomic mass is 19.4. The van der Waals surface area contributed by atoms with E-state index in [2.05, 4.69) is 0 Å². The molecule has 0 spiro atoms. The Morgan fingerprint density at radius 1 is 1.38 bits per heavy atom. The molecule has 0 heterocycles. The summed E-state index contributed by atoms with van der Waals surface area (Å²) in [4.78, 5) is 18.2. The van der Waals surface area contributed by atoms with E-state index in [1.54, 1.807) is 0 Å². The van der Waals surface area contributed by atoms with Gasteiger partial charge in [0, 0.05) is 0 Å². The largest absolute Gasteiger partial charge is 0.458 e. The van der Waals surface area contributed by atoms with Crippen molar-refractivity contribution >= 4 is 12.1 Å². The maximum Gasteiger partial charge on any atom is 0.458 e. The fraction of sp³-hybridized carbons (Fsp3) is 0.333. The molecule has 0 aliphatic rings. The smallest absolute Gasteiger partial charge is 0.281 e. The van der Waals surface area contributed by atoms with Gasteiger partial charge in [0.1, 0.15) is 0 Å². The standard InChI is InChI=1S/C3F3O2/c4-3(5,6)2(8)1-7. The summed E-state index contributed by atoms with van der Waals surface area (Å²) in [5.74, 6) is -2.47. The van der Waals surface area contributed by atoms with E-state index >= 15 is 0 Å². The van der Waals surface area contributed by atoms with Gasteiger partial charge in [-0.1, -0.05) is 0 Å². The molecule has 0 saturated heterocycles.